The molecule has 1 unspecified atom stereocenters. The summed E-state index contributed by atoms with van der Waals surface area (Å²) >= 11 is 5.80. The minimum atomic E-state index is -0.465. The second kappa shape index (κ2) is 6.30. The van der Waals surface area contributed by atoms with Gasteiger partial charge < -0.3 is 0 Å². The van der Waals surface area contributed by atoms with Gasteiger partial charge >= 0.3 is 0 Å². The highest BCUT2D eigenvalue weighted by Crippen LogP contribution is 2.25. The van der Waals surface area contributed by atoms with E-state index < -0.39 is 11.9 Å². The molecule has 108 valence electrons. The molecular weight excluding hydrogens is 281 g/mol. The fourth-order valence-electron chi connectivity index (χ4n) is 2.08. The van der Waals surface area contributed by atoms with Crippen molar-refractivity contribution in [2.24, 2.45) is 5.84 Å². The van der Waals surface area contributed by atoms with E-state index in [0.717, 1.165) is 5.82 Å². The summed E-state index contributed by atoms with van der Waals surface area (Å²) in [7, 11) is 0. The summed E-state index contributed by atoms with van der Waals surface area (Å²) in [5.74, 6) is 5.82. The molecule has 0 saturated heterocycles. The number of nitrogens with one attached hydrogen (secondary N) is 1. The Morgan fingerprint density at radius 3 is 2.85 bits per heavy atom. The number of nitrogens with two attached hydrogens (primary N) is 1. The van der Waals surface area contributed by atoms with Crippen molar-refractivity contribution in [2.75, 3.05) is 0 Å². The van der Waals surface area contributed by atoms with Gasteiger partial charge in [-0.25, -0.2) is 14.1 Å². The third-order valence-corrected chi connectivity index (χ3v) is 3.37. The molecule has 0 aliphatic heterocycles. The van der Waals surface area contributed by atoms with Gasteiger partial charge in [0.05, 0.1) is 11.1 Å². The Morgan fingerprint density at radius 1 is 1.45 bits per heavy atom. The number of benzene rings is 1. The van der Waals surface area contributed by atoms with Gasteiger partial charge in [0.1, 0.15) is 18.0 Å². The third-order valence-electron chi connectivity index (χ3n) is 3.08. The first kappa shape index (κ1) is 14.9. The van der Waals surface area contributed by atoms with Crippen LogP contribution in [-0.2, 0) is 6.42 Å². The van der Waals surface area contributed by atoms with E-state index in [9.17, 15) is 4.39 Å². The molecule has 0 saturated carbocycles. The van der Waals surface area contributed by atoms with Crippen LogP contribution in [0.2, 0.25) is 5.02 Å². The van der Waals surface area contributed by atoms with Crippen molar-refractivity contribution in [3.63, 3.8) is 0 Å². The van der Waals surface area contributed by atoms with E-state index in [1.165, 1.54) is 12.4 Å². The zero-order chi connectivity index (χ0) is 14.7. The molecule has 1 atom stereocenters. The van der Waals surface area contributed by atoms with Crippen molar-refractivity contribution in [1.82, 2.24) is 20.2 Å². The molecule has 0 spiro atoms. The molecule has 0 aliphatic rings. The fraction of sp³-hybridized carbons (Fsp3) is 0.385. The van der Waals surface area contributed by atoms with Crippen LogP contribution in [0.4, 0.5) is 4.39 Å². The van der Waals surface area contributed by atoms with E-state index in [4.69, 9.17) is 17.4 Å². The molecule has 0 amide bonds. The Kier molecular flexibility index (Phi) is 4.69. The Hall–Kier alpha value is -1.50. The Balaban J connectivity index is 2.29. The first-order valence-corrected chi connectivity index (χ1v) is 6.70. The second-order valence-electron chi connectivity index (χ2n) is 4.78. The van der Waals surface area contributed by atoms with Crippen LogP contribution < -0.4 is 11.3 Å². The van der Waals surface area contributed by atoms with Crippen LogP contribution in [0.1, 0.15) is 37.3 Å². The van der Waals surface area contributed by atoms with Crippen molar-refractivity contribution < 1.29 is 4.39 Å². The van der Waals surface area contributed by atoms with Gasteiger partial charge in [-0.05, 0) is 19.9 Å². The van der Waals surface area contributed by atoms with Crippen molar-refractivity contribution in [1.29, 1.82) is 0 Å². The maximum atomic E-state index is 14.1. The molecule has 0 aliphatic carbocycles. The van der Waals surface area contributed by atoms with E-state index in [1.807, 2.05) is 13.8 Å². The van der Waals surface area contributed by atoms with Gasteiger partial charge in [-0.3, -0.25) is 11.3 Å². The molecule has 7 heteroatoms. The lowest BCUT2D eigenvalue weighted by Crippen LogP contribution is -2.31. The Labute approximate surface area is 121 Å². The number of hydrazine groups is 1. The van der Waals surface area contributed by atoms with Crippen molar-refractivity contribution in [3.8, 4) is 0 Å². The van der Waals surface area contributed by atoms with Gasteiger partial charge in [0, 0.05) is 18.0 Å². The number of aromatic nitrogens is 3. The predicted molar refractivity (Wildman–Crippen MR) is 75.6 cm³/mol. The summed E-state index contributed by atoms with van der Waals surface area (Å²) in [4.78, 5) is 4.20. The van der Waals surface area contributed by atoms with Gasteiger partial charge in [0.25, 0.3) is 0 Å². The fourth-order valence-corrected chi connectivity index (χ4v) is 2.26. The smallest absolute Gasteiger partial charge is 0.146 e. The molecule has 3 N–H and O–H groups in total. The van der Waals surface area contributed by atoms with Gasteiger partial charge in [-0.15, -0.1) is 0 Å². The normalized spacial score (nSPS) is 12.9. The van der Waals surface area contributed by atoms with Crippen LogP contribution in [0.15, 0.2) is 24.5 Å². The minimum Gasteiger partial charge on any atom is -0.271 e. The summed E-state index contributed by atoms with van der Waals surface area (Å²) < 4.78 is 15.8. The highest BCUT2D eigenvalue weighted by Gasteiger charge is 2.20. The molecule has 5 nitrogen and oxygen atoms in total. The van der Waals surface area contributed by atoms with E-state index in [-0.39, 0.29) is 11.1 Å². The predicted octanol–water partition coefficient (Wildman–Crippen LogP) is 2.40. The highest BCUT2D eigenvalue weighted by molar-refractivity contribution is 6.30. The standard InChI is InChI=1S/C13H17ClFN5/c1-8(2)20-12(17-7-18-20)6-11(19-16)9-4-3-5-10(14)13(9)15/h3-5,7-8,11,19H,6,16H2,1-2H3. The lowest BCUT2D eigenvalue weighted by Gasteiger charge is -2.18. The molecule has 1 heterocycles. The topological polar surface area (TPSA) is 68.8 Å². The summed E-state index contributed by atoms with van der Waals surface area (Å²) in [5.41, 5.74) is 3.03. The maximum Gasteiger partial charge on any atom is 0.146 e. The van der Waals surface area contributed by atoms with E-state index in [1.54, 1.807) is 16.8 Å². The molecule has 0 fully saturated rings. The monoisotopic (exact) mass is 297 g/mol. The Morgan fingerprint density at radius 2 is 2.20 bits per heavy atom. The number of nitrogens with zero attached hydrogens (tertiary/aromatic N) is 3. The van der Waals surface area contributed by atoms with Crippen molar-refractivity contribution >= 4 is 11.6 Å². The molecule has 20 heavy (non-hydrogen) atoms. The molecule has 0 bridgehead atoms. The molecular formula is C13H17ClFN5. The van der Waals surface area contributed by atoms with Crippen molar-refractivity contribution in [2.45, 2.75) is 32.4 Å². The lowest BCUT2D eigenvalue weighted by molar-refractivity contribution is 0.457. The average molecular weight is 298 g/mol. The van der Waals surface area contributed by atoms with Gasteiger partial charge in [0.2, 0.25) is 0 Å². The number of halogens is 2. The van der Waals surface area contributed by atoms with E-state index >= 15 is 0 Å². The summed E-state index contributed by atoms with van der Waals surface area (Å²) in [6, 6.07) is 4.61. The van der Waals surface area contributed by atoms with E-state index in [2.05, 4.69) is 15.5 Å². The third kappa shape index (κ3) is 2.98. The SMILES string of the molecule is CC(C)n1ncnc1CC(NN)c1cccc(Cl)c1F. The molecule has 1 aromatic carbocycles. The van der Waals surface area contributed by atoms with E-state index in [0.29, 0.717) is 12.0 Å². The zero-order valence-electron chi connectivity index (χ0n) is 11.3. The van der Waals surface area contributed by atoms with Crippen LogP contribution in [0.5, 0.6) is 0 Å². The molecule has 2 aromatic rings. The Bertz CT molecular complexity index is 584. The molecule has 1 aromatic heterocycles. The zero-order valence-corrected chi connectivity index (χ0v) is 12.1. The quantitative estimate of drug-likeness (QED) is 0.657. The highest BCUT2D eigenvalue weighted by atomic mass is 35.5. The average Bonchev–Trinajstić information content (AvgIpc) is 2.88. The minimum absolute atomic E-state index is 0.0769. The number of hydrogen-bond acceptors (Lipinski definition) is 4. The van der Waals surface area contributed by atoms with Crippen LogP contribution in [0.3, 0.4) is 0 Å². The summed E-state index contributed by atoms with van der Waals surface area (Å²) in [6.07, 6.45) is 1.91. The van der Waals surface area contributed by atoms with Crippen LogP contribution in [-0.4, -0.2) is 14.8 Å². The second-order valence-corrected chi connectivity index (χ2v) is 5.19. The lowest BCUT2D eigenvalue weighted by atomic mass is 10.0. The van der Waals surface area contributed by atoms with Crippen LogP contribution >= 0.6 is 11.6 Å². The largest absolute Gasteiger partial charge is 0.271 e. The van der Waals surface area contributed by atoms with Crippen molar-refractivity contribution in [3.05, 3.63) is 46.8 Å². The van der Waals surface area contributed by atoms with Crippen LogP contribution in [0, 0.1) is 5.82 Å². The molecule has 0 radical (unpaired) electrons. The summed E-state index contributed by atoms with van der Waals surface area (Å²) in [6.45, 7) is 4.01. The summed E-state index contributed by atoms with van der Waals surface area (Å²) in [5, 5.41) is 4.23. The number of rotatable bonds is 5. The maximum absolute atomic E-state index is 14.1. The van der Waals surface area contributed by atoms with Gasteiger partial charge in [0.15, 0.2) is 0 Å². The molecule has 2 rings (SSSR count). The van der Waals surface area contributed by atoms with Gasteiger partial charge in [-0.1, -0.05) is 23.7 Å². The van der Waals surface area contributed by atoms with Gasteiger partial charge in [-0.2, -0.15) is 5.10 Å². The van der Waals surface area contributed by atoms with Crippen LogP contribution in [0.25, 0.3) is 0 Å². The number of hydrogen-bond donors (Lipinski definition) is 2. The first-order chi connectivity index (χ1) is 9.54. The first-order valence-electron chi connectivity index (χ1n) is 6.33.